The molecule has 1 aromatic rings. The molecule has 0 unspecified atom stereocenters. The molecule has 2 rings (SSSR count). The normalized spacial score (nSPS) is 15.9. The van der Waals surface area contributed by atoms with E-state index in [1.54, 1.807) is 11.3 Å². The van der Waals surface area contributed by atoms with E-state index in [2.05, 4.69) is 33.3 Å². The maximum Gasteiger partial charge on any atom is 0.191 e. The number of hydrogen-bond acceptors (Lipinski definition) is 4. The molecule has 1 aliphatic rings. The van der Waals surface area contributed by atoms with E-state index in [4.69, 9.17) is 0 Å². The highest BCUT2D eigenvalue weighted by molar-refractivity contribution is 7.08. The molecule has 0 radical (unpaired) electrons. The molecule has 76 valence electrons. The van der Waals surface area contributed by atoms with Gasteiger partial charge in [-0.05, 0) is 35.2 Å². The molecule has 2 N–H and O–H groups in total. The molecule has 1 aliphatic heterocycles. The number of guanidine groups is 1. The van der Waals surface area contributed by atoms with Gasteiger partial charge in [-0.15, -0.1) is 0 Å². The van der Waals surface area contributed by atoms with Gasteiger partial charge >= 0.3 is 0 Å². The lowest BCUT2D eigenvalue weighted by molar-refractivity contribution is 0.702. The largest absolute Gasteiger partial charge is 0.356 e. The first-order valence-corrected chi connectivity index (χ1v) is 5.84. The molecule has 3 nitrogen and oxygen atoms in total. The first-order valence-electron chi connectivity index (χ1n) is 4.90. The molecule has 1 aromatic heterocycles. The van der Waals surface area contributed by atoms with Gasteiger partial charge in [0.2, 0.25) is 0 Å². The second-order valence-corrected chi connectivity index (χ2v) is 4.19. The predicted molar refractivity (Wildman–Crippen MR) is 60.8 cm³/mol. The molecular weight excluding hydrogens is 194 g/mol. The summed E-state index contributed by atoms with van der Waals surface area (Å²) < 4.78 is 0. The van der Waals surface area contributed by atoms with Crippen molar-refractivity contribution in [2.75, 3.05) is 13.1 Å². The van der Waals surface area contributed by atoms with E-state index in [1.807, 2.05) is 0 Å². The van der Waals surface area contributed by atoms with Gasteiger partial charge in [0.1, 0.15) is 0 Å². The zero-order chi connectivity index (χ0) is 9.80. The van der Waals surface area contributed by atoms with Crippen LogP contribution in [0.25, 0.3) is 0 Å². The average molecular weight is 209 g/mol. The van der Waals surface area contributed by atoms with Gasteiger partial charge < -0.3 is 10.6 Å². The summed E-state index contributed by atoms with van der Waals surface area (Å²) in [6.07, 6.45) is 1.14. The van der Waals surface area contributed by atoms with Crippen LogP contribution < -0.4 is 10.6 Å². The lowest BCUT2D eigenvalue weighted by Crippen LogP contribution is -2.40. The minimum atomic E-state index is 0.876. The van der Waals surface area contributed by atoms with Crippen LogP contribution in [-0.4, -0.2) is 19.0 Å². The van der Waals surface area contributed by atoms with Gasteiger partial charge in [-0.3, -0.25) is 4.99 Å². The Labute approximate surface area is 88.3 Å². The van der Waals surface area contributed by atoms with Gasteiger partial charge in [0.25, 0.3) is 0 Å². The second kappa shape index (κ2) is 4.46. The van der Waals surface area contributed by atoms with Crippen LogP contribution >= 0.6 is 11.3 Å². The van der Waals surface area contributed by atoms with Crippen LogP contribution in [0.5, 0.6) is 0 Å². The second-order valence-electron chi connectivity index (χ2n) is 3.44. The summed E-state index contributed by atoms with van der Waals surface area (Å²) >= 11 is 1.75. The minimum absolute atomic E-state index is 0.876. The number of thiophene rings is 1. The summed E-state index contributed by atoms with van der Waals surface area (Å²) in [5, 5.41) is 10.9. The average Bonchev–Trinajstić information content (AvgIpc) is 2.63. The van der Waals surface area contributed by atoms with Crippen LogP contribution in [0.4, 0.5) is 0 Å². The highest BCUT2D eigenvalue weighted by Gasteiger charge is 2.04. The summed E-state index contributed by atoms with van der Waals surface area (Å²) in [6.45, 7) is 5.00. The Bertz CT molecular complexity index is 330. The van der Waals surface area contributed by atoms with Crippen molar-refractivity contribution in [3.05, 3.63) is 21.9 Å². The van der Waals surface area contributed by atoms with Crippen molar-refractivity contribution in [1.82, 2.24) is 10.6 Å². The van der Waals surface area contributed by atoms with Gasteiger partial charge in [0, 0.05) is 19.6 Å². The van der Waals surface area contributed by atoms with E-state index >= 15 is 0 Å². The SMILES string of the molecule is Cc1cscc1CNC1=NCCCN1. The van der Waals surface area contributed by atoms with Crippen LogP contribution in [0, 0.1) is 6.92 Å². The molecule has 4 heteroatoms. The molecule has 14 heavy (non-hydrogen) atoms. The van der Waals surface area contributed by atoms with Crippen molar-refractivity contribution in [1.29, 1.82) is 0 Å². The van der Waals surface area contributed by atoms with Crippen LogP contribution in [0.15, 0.2) is 15.8 Å². The van der Waals surface area contributed by atoms with Crippen LogP contribution in [0.1, 0.15) is 17.5 Å². The number of nitrogens with zero attached hydrogens (tertiary/aromatic N) is 1. The Kier molecular flexibility index (Phi) is 3.03. The highest BCUT2D eigenvalue weighted by atomic mass is 32.1. The Balaban J connectivity index is 1.88. The molecule has 0 saturated carbocycles. The number of hydrogen-bond donors (Lipinski definition) is 2. The fraction of sp³-hybridized carbons (Fsp3) is 0.500. The summed E-state index contributed by atoms with van der Waals surface area (Å²) in [7, 11) is 0. The highest BCUT2D eigenvalue weighted by Crippen LogP contribution is 2.12. The summed E-state index contributed by atoms with van der Waals surface area (Å²) in [5.41, 5.74) is 2.73. The standard InChI is InChI=1S/C10H15N3S/c1-8-6-14-7-9(8)5-13-10-11-3-2-4-12-10/h6-7H,2-5H2,1H3,(H2,11,12,13). The van der Waals surface area contributed by atoms with Crippen molar-refractivity contribution in [3.63, 3.8) is 0 Å². The van der Waals surface area contributed by atoms with Gasteiger partial charge in [-0.25, -0.2) is 0 Å². The van der Waals surface area contributed by atoms with Gasteiger partial charge in [-0.1, -0.05) is 0 Å². The molecule has 0 atom stereocenters. The van der Waals surface area contributed by atoms with Gasteiger partial charge in [0.15, 0.2) is 5.96 Å². The smallest absolute Gasteiger partial charge is 0.191 e. The predicted octanol–water partition coefficient (Wildman–Crippen LogP) is 1.50. The molecule has 2 heterocycles. The molecule has 0 fully saturated rings. The third-order valence-corrected chi connectivity index (χ3v) is 3.22. The van der Waals surface area contributed by atoms with Gasteiger partial charge in [0.05, 0.1) is 0 Å². The molecular formula is C10H15N3S. The lowest BCUT2D eigenvalue weighted by Gasteiger charge is -2.15. The zero-order valence-corrected chi connectivity index (χ0v) is 9.16. The van der Waals surface area contributed by atoms with Crippen molar-refractivity contribution in [2.24, 2.45) is 4.99 Å². The van der Waals surface area contributed by atoms with Crippen molar-refractivity contribution in [3.8, 4) is 0 Å². The maximum absolute atomic E-state index is 4.36. The number of aliphatic imine (C=N–C) groups is 1. The molecule has 0 saturated heterocycles. The Hall–Kier alpha value is -1.03. The summed E-state index contributed by atoms with van der Waals surface area (Å²) in [5.74, 6) is 0.946. The maximum atomic E-state index is 4.36. The van der Waals surface area contributed by atoms with E-state index in [0.717, 1.165) is 32.0 Å². The number of nitrogens with one attached hydrogen (secondary N) is 2. The molecule has 0 bridgehead atoms. The van der Waals surface area contributed by atoms with Crippen LogP contribution in [0.2, 0.25) is 0 Å². The van der Waals surface area contributed by atoms with E-state index in [9.17, 15) is 0 Å². The summed E-state index contributed by atoms with van der Waals surface area (Å²) in [4.78, 5) is 4.36. The molecule has 0 aliphatic carbocycles. The Morgan fingerprint density at radius 1 is 1.57 bits per heavy atom. The molecule has 0 aromatic carbocycles. The molecule has 0 spiro atoms. The Morgan fingerprint density at radius 2 is 2.50 bits per heavy atom. The first kappa shape index (κ1) is 9.52. The third-order valence-electron chi connectivity index (χ3n) is 2.31. The molecule has 0 amide bonds. The minimum Gasteiger partial charge on any atom is -0.356 e. The Morgan fingerprint density at radius 3 is 3.14 bits per heavy atom. The third kappa shape index (κ3) is 2.26. The van der Waals surface area contributed by atoms with Crippen LogP contribution in [-0.2, 0) is 6.54 Å². The van der Waals surface area contributed by atoms with E-state index in [1.165, 1.54) is 11.1 Å². The summed E-state index contributed by atoms with van der Waals surface area (Å²) in [6, 6.07) is 0. The number of aryl methyl sites for hydroxylation is 1. The van der Waals surface area contributed by atoms with Crippen molar-refractivity contribution >= 4 is 17.3 Å². The monoisotopic (exact) mass is 209 g/mol. The topological polar surface area (TPSA) is 36.4 Å². The zero-order valence-electron chi connectivity index (χ0n) is 8.34. The van der Waals surface area contributed by atoms with E-state index < -0.39 is 0 Å². The fourth-order valence-corrected chi connectivity index (χ4v) is 2.25. The van der Waals surface area contributed by atoms with Gasteiger partial charge in [-0.2, -0.15) is 11.3 Å². The van der Waals surface area contributed by atoms with Crippen molar-refractivity contribution < 1.29 is 0 Å². The van der Waals surface area contributed by atoms with E-state index in [0.29, 0.717) is 0 Å². The van der Waals surface area contributed by atoms with Crippen LogP contribution in [0.3, 0.4) is 0 Å². The quantitative estimate of drug-likeness (QED) is 0.774. The van der Waals surface area contributed by atoms with E-state index in [-0.39, 0.29) is 0 Å². The number of rotatable bonds is 2. The lowest BCUT2D eigenvalue weighted by atomic mass is 10.2. The van der Waals surface area contributed by atoms with Crippen molar-refractivity contribution in [2.45, 2.75) is 19.9 Å². The fourth-order valence-electron chi connectivity index (χ4n) is 1.40. The first-order chi connectivity index (χ1) is 6.86.